The summed E-state index contributed by atoms with van der Waals surface area (Å²) in [5.74, 6) is 1.86. The number of methoxy groups -OCH3 is 1. The molecule has 0 bridgehead atoms. The Morgan fingerprint density at radius 2 is 1.87 bits per heavy atom. The molecule has 0 radical (unpaired) electrons. The second-order valence-corrected chi connectivity index (χ2v) is 5.82. The Kier molecular flexibility index (Phi) is 2.91. The van der Waals surface area contributed by atoms with Crippen LogP contribution in [0.2, 0.25) is 0 Å². The first-order valence-electron chi connectivity index (χ1n) is 7.49. The van der Waals surface area contributed by atoms with E-state index in [-0.39, 0.29) is 5.91 Å². The van der Waals surface area contributed by atoms with E-state index in [1.165, 1.54) is 0 Å². The van der Waals surface area contributed by atoms with Gasteiger partial charge < -0.3 is 14.2 Å². The molecule has 5 nitrogen and oxygen atoms in total. The fourth-order valence-corrected chi connectivity index (χ4v) is 3.14. The van der Waals surface area contributed by atoms with Gasteiger partial charge >= 0.3 is 0 Å². The number of rotatable bonds is 2. The lowest BCUT2D eigenvalue weighted by Crippen LogP contribution is -2.20. The van der Waals surface area contributed by atoms with E-state index >= 15 is 0 Å². The molecule has 3 aromatic rings. The number of fused-ring (bicyclic) bond motifs is 2. The fourth-order valence-electron chi connectivity index (χ4n) is 3.14. The van der Waals surface area contributed by atoms with Crippen LogP contribution in [0.4, 0.5) is 5.69 Å². The molecule has 0 atom stereocenters. The molecule has 116 valence electrons. The second-order valence-electron chi connectivity index (χ2n) is 5.82. The largest absolute Gasteiger partial charge is 0.497 e. The van der Waals surface area contributed by atoms with Gasteiger partial charge in [0, 0.05) is 25.3 Å². The molecule has 0 saturated carbocycles. The highest BCUT2D eigenvalue weighted by atomic mass is 16.5. The SMILES string of the molecule is COc1ccc(-c2nc3cc4c(cc3n2C)N(C)C(=O)C4)cc1. The highest BCUT2D eigenvalue weighted by Gasteiger charge is 2.25. The molecule has 0 N–H and O–H groups in total. The molecular formula is C18H17N3O2. The van der Waals surface area contributed by atoms with Crippen LogP contribution in [0.25, 0.3) is 22.4 Å². The number of aryl methyl sites for hydroxylation is 1. The Bertz CT molecular complexity index is 926. The van der Waals surface area contributed by atoms with E-state index in [0.29, 0.717) is 6.42 Å². The summed E-state index contributed by atoms with van der Waals surface area (Å²) >= 11 is 0. The van der Waals surface area contributed by atoms with Crippen molar-refractivity contribution in [3.63, 3.8) is 0 Å². The molecule has 0 aliphatic carbocycles. The lowest BCUT2D eigenvalue weighted by molar-refractivity contribution is -0.117. The number of aromatic nitrogens is 2. The number of benzene rings is 2. The minimum absolute atomic E-state index is 0.130. The Morgan fingerprint density at radius 3 is 2.57 bits per heavy atom. The van der Waals surface area contributed by atoms with Gasteiger partial charge in [0.05, 0.1) is 24.6 Å². The van der Waals surface area contributed by atoms with Crippen molar-refractivity contribution in [3.05, 3.63) is 42.0 Å². The van der Waals surface area contributed by atoms with Crippen LogP contribution in [-0.4, -0.2) is 29.6 Å². The average Bonchev–Trinajstić information content (AvgIpc) is 3.03. The molecule has 0 unspecified atom stereocenters. The predicted molar refractivity (Wildman–Crippen MR) is 89.8 cm³/mol. The monoisotopic (exact) mass is 307 g/mol. The Labute approximate surface area is 134 Å². The zero-order valence-corrected chi connectivity index (χ0v) is 13.3. The van der Waals surface area contributed by atoms with Crippen molar-refractivity contribution in [2.24, 2.45) is 7.05 Å². The van der Waals surface area contributed by atoms with Crippen molar-refractivity contribution in [1.29, 1.82) is 0 Å². The third-order valence-electron chi connectivity index (χ3n) is 4.51. The number of anilines is 1. The van der Waals surface area contributed by atoms with Gasteiger partial charge in [-0.1, -0.05) is 0 Å². The zero-order chi connectivity index (χ0) is 16.1. The molecule has 0 saturated heterocycles. The van der Waals surface area contributed by atoms with Crippen LogP contribution in [0.3, 0.4) is 0 Å². The van der Waals surface area contributed by atoms with Gasteiger partial charge in [-0.3, -0.25) is 4.79 Å². The molecule has 2 heterocycles. The highest BCUT2D eigenvalue weighted by molar-refractivity contribution is 6.03. The minimum Gasteiger partial charge on any atom is -0.497 e. The first kappa shape index (κ1) is 13.8. The number of likely N-dealkylation sites (N-methyl/N-ethyl adjacent to an activating group) is 1. The van der Waals surface area contributed by atoms with Crippen molar-refractivity contribution >= 4 is 22.6 Å². The van der Waals surface area contributed by atoms with E-state index in [2.05, 4.69) is 10.6 Å². The standard InChI is InChI=1S/C18H17N3O2/c1-20-15-10-16-14(8-12(15)9-17(20)22)19-18(21(16)2)11-4-6-13(23-3)7-5-11/h4-8,10H,9H2,1-3H3. The number of carbonyl (C=O) groups excluding carboxylic acids is 1. The van der Waals surface area contributed by atoms with Gasteiger partial charge in [-0.15, -0.1) is 0 Å². The number of hydrogen-bond acceptors (Lipinski definition) is 3. The van der Waals surface area contributed by atoms with Gasteiger partial charge in [0.2, 0.25) is 5.91 Å². The van der Waals surface area contributed by atoms with Gasteiger partial charge in [0.15, 0.2) is 0 Å². The molecule has 1 aromatic heterocycles. The van der Waals surface area contributed by atoms with Gasteiger partial charge in [0.25, 0.3) is 0 Å². The number of nitrogens with zero attached hydrogens (tertiary/aromatic N) is 3. The molecule has 1 amide bonds. The summed E-state index contributed by atoms with van der Waals surface area (Å²) in [5.41, 5.74) is 5.00. The number of carbonyl (C=O) groups is 1. The number of hydrogen-bond donors (Lipinski definition) is 0. The van der Waals surface area contributed by atoms with Crippen molar-refractivity contribution in [3.8, 4) is 17.1 Å². The maximum atomic E-state index is 11.9. The van der Waals surface area contributed by atoms with Gasteiger partial charge in [-0.2, -0.15) is 0 Å². The van der Waals surface area contributed by atoms with E-state index in [1.54, 1.807) is 12.0 Å². The lowest BCUT2D eigenvalue weighted by atomic mass is 10.1. The molecular weight excluding hydrogens is 290 g/mol. The van der Waals surface area contributed by atoms with Crippen molar-refractivity contribution < 1.29 is 9.53 Å². The third kappa shape index (κ3) is 2.00. The van der Waals surface area contributed by atoms with Crippen LogP contribution in [0.5, 0.6) is 5.75 Å². The van der Waals surface area contributed by atoms with Crippen LogP contribution in [0.1, 0.15) is 5.56 Å². The van der Waals surface area contributed by atoms with E-state index in [4.69, 9.17) is 9.72 Å². The van der Waals surface area contributed by atoms with E-state index in [1.807, 2.05) is 44.4 Å². The van der Waals surface area contributed by atoms with Crippen LogP contribution < -0.4 is 9.64 Å². The topological polar surface area (TPSA) is 47.4 Å². The highest BCUT2D eigenvalue weighted by Crippen LogP contribution is 2.34. The normalized spacial score (nSPS) is 13.7. The minimum atomic E-state index is 0.130. The summed E-state index contributed by atoms with van der Waals surface area (Å²) in [7, 11) is 5.47. The Hall–Kier alpha value is -2.82. The van der Waals surface area contributed by atoms with Gasteiger partial charge in [-0.25, -0.2) is 4.98 Å². The smallest absolute Gasteiger partial charge is 0.231 e. The summed E-state index contributed by atoms with van der Waals surface area (Å²) in [6.45, 7) is 0. The van der Waals surface area contributed by atoms with Crippen LogP contribution in [0.15, 0.2) is 36.4 Å². The predicted octanol–water partition coefficient (Wildman–Crippen LogP) is 2.77. The van der Waals surface area contributed by atoms with Crippen molar-refractivity contribution in [2.45, 2.75) is 6.42 Å². The summed E-state index contributed by atoms with van der Waals surface area (Å²) in [5, 5.41) is 0. The first-order chi connectivity index (χ1) is 11.1. The molecule has 5 heteroatoms. The van der Waals surface area contributed by atoms with Crippen LogP contribution in [0, 0.1) is 0 Å². The van der Waals surface area contributed by atoms with E-state index in [0.717, 1.165) is 39.4 Å². The fraction of sp³-hybridized carbons (Fsp3) is 0.222. The molecule has 4 rings (SSSR count). The maximum absolute atomic E-state index is 11.9. The zero-order valence-electron chi connectivity index (χ0n) is 13.3. The average molecular weight is 307 g/mol. The summed E-state index contributed by atoms with van der Waals surface area (Å²) in [6.07, 6.45) is 0.455. The molecule has 0 spiro atoms. The number of imidazole rings is 1. The molecule has 1 aliphatic heterocycles. The third-order valence-corrected chi connectivity index (χ3v) is 4.51. The first-order valence-corrected chi connectivity index (χ1v) is 7.49. The van der Waals surface area contributed by atoms with Gasteiger partial charge in [0.1, 0.15) is 11.6 Å². The maximum Gasteiger partial charge on any atom is 0.231 e. The Balaban J connectivity index is 1.87. The molecule has 23 heavy (non-hydrogen) atoms. The number of amides is 1. The van der Waals surface area contributed by atoms with E-state index in [9.17, 15) is 4.79 Å². The number of ether oxygens (including phenoxy) is 1. The lowest BCUT2D eigenvalue weighted by Gasteiger charge is -2.10. The summed E-state index contributed by atoms with van der Waals surface area (Å²) in [4.78, 5) is 18.3. The second kappa shape index (κ2) is 4.84. The van der Waals surface area contributed by atoms with Crippen LogP contribution in [-0.2, 0) is 18.3 Å². The van der Waals surface area contributed by atoms with Crippen molar-refractivity contribution in [2.75, 3.05) is 19.1 Å². The summed E-state index contributed by atoms with van der Waals surface area (Å²) < 4.78 is 7.27. The Morgan fingerprint density at radius 1 is 1.13 bits per heavy atom. The van der Waals surface area contributed by atoms with Crippen LogP contribution >= 0.6 is 0 Å². The van der Waals surface area contributed by atoms with Crippen molar-refractivity contribution in [1.82, 2.24) is 9.55 Å². The molecule has 1 aliphatic rings. The van der Waals surface area contributed by atoms with Gasteiger partial charge in [-0.05, 0) is 42.0 Å². The molecule has 0 fully saturated rings. The molecule has 2 aromatic carbocycles. The quantitative estimate of drug-likeness (QED) is 0.731. The van der Waals surface area contributed by atoms with E-state index < -0.39 is 0 Å². The summed E-state index contributed by atoms with van der Waals surface area (Å²) in [6, 6.07) is 11.9.